The third-order valence-electron chi connectivity index (χ3n) is 4.69. The summed E-state index contributed by atoms with van der Waals surface area (Å²) in [6, 6.07) is 14.8. The highest BCUT2D eigenvalue weighted by Crippen LogP contribution is 2.41. The summed E-state index contributed by atoms with van der Waals surface area (Å²) in [5.74, 6) is 1.01. The van der Waals surface area contributed by atoms with Crippen LogP contribution >= 0.6 is 35.0 Å². The molecule has 1 heterocycles. The Balaban J connectivity index is 2.21. The van der Waals surface area contributed by atoms with E-state index in [4.69, 9.17) is 23.2 Å². The van der Waals surface area contributed by atoms with Gasteiger partial charge in [-0.25, -0.2) is 0 Å². The second-order valence-electron chi connectivity index (χ2n) is 6.12. The molecule has 0 saturated heterocycles. The summed E-state index contributed by atoms with van der Waals surface area (Å²) in [7, 11) is 0.519. The normalized spacial score (nSPS) is 23.7. The first kappa shape index (κ1) is 15.4. The summed E-state index contributed by atoms with van der Waals surface area (Å²) in [4.78, 5) is 1.23. The van der Waals surface area contributed by atoms with E-state index < -0.39 is 8.24 Å². The highest BCUT2D eigenvalue weighted by atomic mass is 35.5. The Morgan fingerprint density at radius 2 is 1.76 bits per heavy atom. The Hall–Kier alpha value is -0.453. The third-order valence-corrected chi connectivity index (χ3v) is 11.7. The van der Waals surface area contributed by atoms with E-state index in [-0.39, 0.29) is 0 Å². The zero-order chi connectivity index (χ0) is 15.3. The summed E-state index contributed by atoms with van der Waals surface area (Å²) in [5, 5.41) is 2.89. The lowest BCUT2D eigenvalue weighted by Crippen LogP contribution is -2.72. The van der Waals surface area contributed by atoms with Crippen LogP contribution in [0.25, 0.3) is 0 Å². The van der Waals surface area contributed by atoms with E-state index in [1.807, 2.05) is 17.8 Å². The summed E-state index contributed by atoms with van der Waals surface area (Å²) >= 11 is 14.5. The number of benzene rings is 2. The zero-order valence-corrected chi connectivity index (χ0v) is 15.7. The topological polar surface area (TPSA) is 0 Å². The maximum atomic E-state index is 6.42. The van der Waals surface area contributed by atoms with Crippen molar-refractivity contribution < 1.29 is 0 Å². The second-order valence-corrected chi connectivity index (χ2v) is 12.6. The lowest BCUT2D eigenvalue weighted by molar-refractivity contribution is 0.578. The Morgan fingerprint density at radius 3 is 2.43 bits per heavy atom. The van der Waals surface area contributed by atoms with Crippen LogP contribution in [0.5, 0.6) is 0 Å². The minimum atomic E-state index is -1.82. The van der Waals surface area contributed by atoms with Crippen LogP contribution in [0.4, 0.5) is 5.69 Å². The minimum absolute atomic E-state index is 0.737. The molecule has 0 radical (unpaired) electrons. The lowest BCUT2D eigenvalue weighted by atomic mass is 10.3. The summed E-state index contributed by atoms with van der Waals surface area (Å²) < 4.78 is 0.960. The molecule has 21 heavy (non-hydrogen) atoms. The Kier molecular flexibility index (Phi) is 3.91. The quantitative estimate of drug-likeness (QED) is 0.641. The Morgan fingerprint density at radius 1 is 1.10 bits per heavy atom. The van der Waals surface area contributed by atoms with Crippen molar-refractivity contribution in [2.24, 2.45) is 0 Å². The van der Waals surface area contributed by atoms with E-state index in [1.54, 1.807) is 0 Å². The van der Waals surface area contributed by atoms with Gasteiger partial charge in [0.25, 0.3) is 0 Å². The van der Waals surface area contributed by atoms with Crippen LogP contribution < -0.4 is 9.34 Å². The van der Waals surface area contributed by atoms with Gasteiger partial charge in [-0.3, -0.25) is 0 Å². The van der Waals surface area contributed by atoms with Gasteiger partial charge in [-0.15, -0.1) is 0 Å². The molecule has 0 aromatic heterocycles. The van der Waals surface area contributed by atoms with Crippen molar-refractivity contribution in [2.75, 3.05) is 12.9 Å². The molecule has 1 nitrogen and oxygen atoms in total. The van der Waals surface area contributed by atoms with E-state index in [0.29, 0.717) is 0 Å². The van der Waals surface area contributed by atoms with E-state index in [0.717, 1.165) is 20.1 Å². The number of thioether (sulfide) groups is 1. The number of fused-ring (bicyclic) bond motifs is 1. The Bertz CT molecular complexity index is 690. The van der Waals surface area contributed by atoms with Crippen molar-refractivity contribution in [3.63, 3.8) is 0 Å². The maximum absolute atomic E-state index is 6.42. The van der Waals surface area contributed by atoms with Gasteiger partial charge < -0.3 is 4.15 Å². The van der Waals surface area contributed by atoms with Crippen LogP contribution in [0.15, 0.2) is 47.4 Å². The van der Waals surface area contributed by atoms with Crippen LogP contribution in [-0.4, -0.2) is 21.2 Å². The number of nitrogens with zero attached hydrogens (tertiary/aromatic N) is 1. The van der Waals surface area contributed by atoms with Crippen molar-refractivity contribution in [1.82, 2.24) is 4.15 Å². The number of hydrogen-bond donors (Lipinski definition) is 0. The SMILES string of the molecule is C[N+]1(c2ccccc2)CSc2c(Cl)cc(Cl)cc2[Si]1(C)C. The average Bonchev–Trinajstić information content (AvgIpc) is 2.45. The molecule has 3 rings (SSSR count). The fourth-order valence-corrected chi connectivity index (χ4v) is 9.69. The molecule has 0 aliphatic carbocycles. The molecule has 0 saturated carbocycles. The van der Waals surface area contributed by atoms with Crippen molar-refractivity contribution in [3.05, 3.63) is 52.5 Å². The van der Waals surface area contributed by atoms with Crippen molar-refractivity contribution >= 4 is 54.1 Å². The molecule has 1 aliphatic heterocycles. The van der Waals surface area contributed by atoms with Gasteiger partial charge in [0, 0.05) is 15.1 Å². The largest absolute Gasteiger partial charge is 0.341 e. The van der Waals surface area contributed by atoms with Crippen molar-refractivity contribution in [3.8, 4) is 0 Å². The minimum Gasteiger partial charge on any atom is -0.341 e. The lowest BCUT2D eigenvalue weighted by Gasteiger charge is -2.49. The fraction of sp³-hybridized carbons (Fsp3) is 0.250. The highest BCUT2D eigenvalue weighted by molar-refractivity contribution is 8.00. The molecule has 0 spiro atoms. The second kappa shape index (κ2) is 5.32. The molecule has 0 fully saturated rings. The van der Waals surface area contributed by atoms with E-state index >= 15 is 0 Å². The van der Waals surface area contributed by atoms with Gasteiger partial charge in [-0.2, -0.15) is 0 Å². The van der Waals surface area contributed by atoms with Crippen LogP contribution in [0.1, 0.15) is 0 Å². The fourth-order valence-electron chi connectivity index (χ4n) is 2.94. The van der Waals surface area contributed by atoms with Gasteiger partial charge >= 0.3 is 8.24 Å². The third kappa shape index (κ3) is 2.36. The molecule has 0 N–H and O–H groups in total. The van der Waals surface area contributed by atoms with Crippen LogP contribution in [0, 0.1) is 0 Å². The van der Waals surface area contributed by atoms with Crippen LogP contribution in [0.3, 0.4) is 0 Å². The van der Waals surface area contributed by atoms with Gasteiger partial charge in [0.05, 0.1) is 12.1 Å². The first-order chi connectivity index (χ1) is 9.86. The smallest absolute Gasteiger partial charge is 0.318 e. The Labute approximate surface area is 141 Å². The molecule has 1 aliphatic rings. The van der Waals surface area contributed by atoms with E-state index in [1.165, 1.54) is 15.8 Å². The average molecular weight is 355 g/mol. The van der Waals surface area contributed by atoms with Gasteiger partial charge in [0.1, 0.15) is 11.6 Å². The number of halogens is 2. The number of quaternary nitrogens is 1. The van der Waals surface area contributed by atoms with Crippen LogP contribution in [0.2, 0.25) is 23.1 Å². The molecular formula is C16H18Cl2NSSi+. The highest BCUT2D eigenvalue weighted by Gasteiger charge is 2.52. The molecule has 5 heteroatoms. The number of hydrogen-bond acceptors (Lipinski definition) is 1. The van der Waals surface area contributed by atoms with Gasteiger partial charge in [-0.1, -0.05) is 53.2 Å². The number of para-hydroxylation sites is 1. The van der Waals surface area contributed by atoms with Crippen molar-refractivity contribution in [2.45, 2.75) is 18.0 Å². The zero-order valence-electron chi connectivity index (χ0n) is 12.4. The first-order valence-corrected chi connectivity index (χ1v) is 11.6. The van der Waals surface area contributed by atoms with Gasteiger partial charge in [-0.05, 0) is 37.4 Å². The molecule has 0 amide bonds. The molecule has 1 unspecified atom stereocenters. The predicted molar refractivity (Wildman–Crippen MR) is 98.5 cm³/mol. The van der Waals surface area contributed by atoms with Crippen LogP contribution in [-0.2, 0) is 0 Å². The molecular weight excluding hydrogens is 337 g/mol. The van der Waals surface area contributed by atoms with Gasteiger partial charge in [0.2, 0.25) is 0 Å². The molecule has 2 aromatic rings. The molecule has 110 valence electrons. The van der Waals surface area contributed by atoms with Crippen molar-refractivity contribution in [1.29, 1.82) is 0 Å². The van der Waals surface area contributed by atoms with E-state index in [9.17, 15) is 0 Å². The predicted octanol–water partition coefficient (Wildman–Crippen LogP) is 5.11. The number of rotatable bonds is 1. The van der Waals surface area contributed by atoms with E-state index in [2.05, 4.69) is 56.5 Å². The standard InChI is InChI=1S/C16H18Cl2NSSi/c1-19(13-7-5-4-6-8-13)11-20-16-14(18)9-12(17)10-15(16)21(19,2)3/h4-10H,11H2,1-3H3/q+1. The summed E-state index contributed by atoms with van der Waals surface area (Å²) in [6.07, 6.45) is 0. The first-order valence-electron chi connectivity index (χ1n) is 6.90. The molecule has 1 atom stereocenters. The molecule has 0 bridgehead atoms. The monoisotopic (exact) mass is 354 g/mol. The summed E-state index contributed by atoms with van der Waals surface area (Å²) in [5.41, 5.74) is 1.36. The van der Waals surface area contributed by atoms with Gasteiger partial charge in [0.15, 0.2) is 0 Å². The molecule has 2 aromatic carbocycles. The summed E-state index contributed by atoms with van der Waals surface area (Å²) in [6.45, 7) is 4.82. The maximum Gasteiger partial charge on any atom is 0.318 e.